The lowest BCUT2D eigenvalue weighted by atomic mass is 10.0. The summed E-state index contributed by atoms with van der Waals surface area (Å²) in [7, 11) is 3.31. The summed E-state index contributed by atoms with van der Waals surface area (Å²) in [4.78, 5) is 0. The van der Waals surface area contributed by atoms with Gasteiger partial charge in [0.05, 0.1) is 26.4 Å². The van der Waals surface area contributed by atoms with Crippen LogP contribution < -0.4 is 14.2 Å². The minimum absolute atomic E-state index is 0.713. The van der Waals surface area contributed by atoms with E-state index in [2.05, 4.69) is 19.1 Å². The molecule has 0 saturated carbocycles. The van der Waals surface area contributed by atoms with Crippen molar-refractivity contribution >= 4 is 0 Å². The van der Waals surface area contributed by atoms with Crippen molar-refractivity contribution in [1.29, 1.82) is 0 Å². The van der Waals surface area contributed by atoms with Crippen molar-refractivity contribution in [2.24, 2.45) is 0 Å². The van der Waals surface area contributed by atoms with Crippen molar-refractivity contribution < 1.29 is 14.2 Å². The monoisotopic (exact) mass is 314 g/mol. The molecule has 23 heavy (non-hydrogen) atoms. The van der Waals surface area contributed by atoms with Crippen molar-refractivity contribution in [3.8, 4) is 28.4 Å². The second-order valence-electron chi connectivity index (χ2n) is 5.45. The Kier molecular flexibility index (Phi) is 6.79. The molecule has 0 aromatic heterocycles. The zero-order valence-electron chi connectivity index (χ0n) is 14.3. The Bertz CT molecular complexity index is 593. The third-order valence-corrected chi connectivity index (χ3v) is 3.83. The van der Waals surface area contributed by atoms with Crippen LogP contribution in [-0.4, -0.2) is 20.8 Å². The fourth-order valence-electron chi connectivity index (χ4n) is 2.62. The first-order chi connectivity index (χ1) is 11.3. The Hall–Kier alpha value is -2.16. The normalized spacial score (nSPS) is 10.4. The predicted octanol–water partition coefficient (Wildman–Crippen LogP) is 5.33. The van der Waals surface area contributed by atoms with Crippen LogP contribution in [0.4, 0.5) is 0 Å². The summed E-state index contributed by atoms with van der Waals surface area (Å²) in [6, 6.07) is 14.0. The number of ether oxygens (including phenoxy) is 3. The number of rotatable bonds is 9. The van der Waals surface area contributed by atoms with Crippen molar-refractivity contribution in [3.63, 3.8) is 0 Å². The molecule has 0 N–H and O–H groups in total. The largest absolute Gasteiger partial charge is 0.493 e. The summed E-state index contributed by atoms with van der Waals surface area (Å²) in [6.45, 7) is 2.93. The molecule has 124 valence electrons. The highest BCUT2D eigenvalue weighted by Gasteiger charge is 2.17. The van der Waals surface area contributed by atoms with Crippen molar-refractivity contribution in [2.45, 2.75) is 32.6 Å². The highest BCUT2D eigenvalue weighted by atomic mass is 16.5. The Morgan fingerprint density at radius 3 is 2.17 bits per heavy atom. The summed E-state index contributed by atoms with van der Waals surface area (Å²) < 4.78 is 17.1. The highest BCUT2D eigenvalue weighted by Crippen LogP contribution is 2.44. The second-order valence-corrected chi connectivity index (χ2v) is 5.45. The summed E-state index contributed by atoms with van der Waals surface area (Å²) in [5, 5.41) is 0. The first-order valence-electron chi connectivity index (χ1n) is 8.25. The maximum absolute atomic E-state index is 6.04. The molecule has 0 amide bonds. The SMILES string of the molecule is CCCCCCOc1ccc(OC)c(OC)c1-c1ccccc1. The fraction of sp³-hybridized carbons (Fsp3) is 0.400. The minimum Gasteiger partial charge on any atom is -0.493 e. The first kappa shape index (κ1) is 17.2. The van der Waals surface area contributed by atoms with E-state index in [1.807, 2.05) is 30.3 Å². The van der Waals surface area contributed by atoms with E-state index in [4.69, 9.17) is 14.2 Å². The third-order valence-electron chi connectivity index (χ3n) is 3.83. The van der Waals surface area contributed by atoms with Gasteiger partial charge < -0.3 is 14.2 Å². The molecule has 0 spiro atoms. The average Bonchev–Trinajstić information content (AvgIpc) is 2.61. The van der Waals surface area contributed by atoms with E-state index < -0.39 is 0 Å². The van der Waals surface area contributed by atoms with Crippen LogP contribution in [-0.2, 0) is 0 Å². The summed E-state index contributed by atoms with van der Waals surface area (Å²) >= 11 is 0. The Balaban J connectivity index is 2.30. The van der Waals surface area contributed by atoms with Gasteiger partial charge in [-0.2, -0.15) is 0 Å². The number of unbranched alkanes of at least 4 members (excludes halogenated alkanes) is 3. The average molecular weight is 314 g/mol. The molecule has 3 heteroatoms. The van der Waals surface area contributed by atoms with E-state index in [0.29, 0.717) is 11.5 Å². The predicted molar refractivity (Wildman–Crippen MR) is 94.6 cm³/mol. The van der Waals surface area contributed by atoms with Crippen molar-refractivity contribution in [3.05, 3.63) is 42.5 Å². The molecular weight excluding hydrogens is 288 g/mol. The quantitative estimate of drug-likeness (QED) is 0.585. The van der Waals surface area contributed by atoms with Crippen LogP contribution in [0.1, 0.15) is 32.6 Å². The van der Waals surface area contributed by atoms with E-state index in [0.717, 1.165) is 29.9 Å². The lowest BCUT2D eigenvalue weighted by Crippen LogP contribution is -2.01. The second kappa shape index (κ2) is 9.09. The van der Waals surface area contributed by atoms with Crippen LogP contribution >= 0.6 is 0 Å². The molecule has 0 aliphatic carbocycles. The standard InChI is InChI=1S/C20H26O3/c1-4-5-6-10-15-23-17-13-14-18(21-2)20(22-3)19(17)16-11-8-7-9-12-16/h7-9,11-14H,4-6,10,15H2,1-3H3. The van der Waals surface area contributed by atoms with Gasteiger partial charge in [0.25, 0.3) is 0 Å². The maximum Gasteiger partial charge on any atom is 0.172 e. The zero-order chi connectivity index (χ0) is 16.5. The van der Waals surface area contributed by atoms with Crippen LogP contribution in [0, 0.1) is 0 Å². The van der Waals surface area contributed by atoms with Gasteiger partial charge in [0.1, 0.15) is 5.75 Å². The van der Waals surface area contributed by atoms with Gasteiger partial charge in [-0.3, -0.25) is 0 Å². The molecular formula is C20H26O3. The minimum atomic E-state index is 0.713. The molecule has 2 aromatic rings. The molecule has 2 aromatic carbocycles. The maximum atomic E-state index is 6.04. The Morgan fingerprint density at radius 1 is 0.783 bits per heavy atom. The van der Waals surface area contributed by atoms with Gasteiger partial charge in [0, 0.05) is 0 Å². The van der Waals surface area contributed by atoms with E-state index in [-0.39, 0.29) is 0 Å². The number of methoxy groups -OCH3 is 2. The first-order valence-corrected chi connectivity index (χ1v) is 8.25. The van der Waals surface area contributed by atoms with Gasteiger partial charge >= 0.3 is 0 Å². The van der Waals surface area contributed by atoms with Gasteiger partial charge in [-0.1, -0.05) is 56.5 Å². The third kappa shape index (κ3) is 4.41. The number of hydrogen-bond acceptors (Lipinski definition) is 3. The Labute approximate surface area is 139 Å². The smallest absolute Gasteiger partial charge is 0.172 e. The number of benzene rings is 2. The fourth-order valence-corrected chi connectivity index (χ4v) is 2.62. The molecule has 0 aliphatic rings. The van der Waals surface area contributed by atoms with Crippen LogP contribution in [0.25, 0.3) is 11.1 Å². The number of hydrogen-bond donors (Lipinski definition) is 0. The molecule has 0 bridgehead atoms. The molecule has 0 radical (unpaired) electrons. The topological polar surface area (TPSA) is 27.7 Å². The van der Waals surface area contributed by atoms with Crippen LogP contribution in [0.3, 0.4) is 0 Å². The van der Waals surface area contributed by atoms with Gasteiger partial charge in [0.15, 0.2) is 11.5 Å². The van der Waals surface area contributed by atoms with E-state index in [1.165, 1.54) is 19.3 Å². The van der Waals surface area contributed by atoms with Crippen LogP contribution in [0.2, 0.25) is 0 Å². The van der Waals surface area contributed by atoms with Crippen LogP contribution in [0.15, 0.2) is 42.5 Å². The lowest BCUT2D eigenvalue weighted by Gasteiger charge is -2.17. The highest BCUT2D eigenvalue weighted by molar-refractivity contribution is 5.79. The Morgan fingerprint density at radius 2 is 1.52 bits per heavy atom. The molecule has 0 saturated heterocycles. The van der Waals surface area contributed by atoms with Gasteiger partial charge in [-0.25, -0.2) is 0 Å². The van der Waals surface area contributed by atoms with Crippen LogP contribution in [0.5, 0.6) is 17.2 Å². The molecule has 0 heterocycles. The zero-order valence-corrected chi connectivity index (χ0v) is 14.3. The van der Waals surface area contributed by atoms with Gasteiger partial charge in [0.2, 0.25) is 0 Å². The molecule has 3 nitrogen and oxygen atoms in total. The van der Waals surface area contributed by atoms with E-state index in [9.17, 15) is 0 Å². The molecule has 0 unspecified atom stereocenters. The summed E-state index contributed by atoms with van der Waals surface area (Å²) in [6.07, 6.45) is 4.74. The van der Waals surface area contributed by atoms with Crippen molar-refractivity contribution in [1.82, 2.24) is 0 Å². The molecule has 2 rings (SSSR count). The van der Waals surface area contributed by atoms with E-state index >= 15 is 0 Å². The molecule has 0 atom stereocenters. The van der Waals surface area contributed by atoms with Gasteiger partial charge in [-0.05, 0) is 24.1 Å². The van der Waals surface area contributed by atoms with Gasteiger partial charge in [-0.15, -0.1) is 0 Å². The molecule has 0 aliphatic heterocycles. The van der Waals surface area contributed by atoms with Crippen molar-refractivity contribution in [2.75, 3.05) is 20.8 Å². The summed E-state index contributed by atoms with van der Waals surface area (Å²) in [5.41, 5.74) is 2.01. The summed E-state index contributed by atoms with van der Waals surface area (Å²) in [5.74, 6) is 2.26. The van der Waals surface area contributed by atoms with E-state index in [1.54, 1.807) is 14.2 Å². The lowest BCUT2D eigenvalue weighted by molar-refractivity contribution is 0.301. The molecule has 0 fully saturated rings.